The first kappa shape index (κ1) is 11.6. The zero-order valence-corrected chi connectivity index (χ0v) is 9.88. The van der Waals surface area contributed by atoms with E-state index in [4.69, 9.17) is 0 Å². The minimum absolute atomic E-state index is 0.0984. The number of aromatic amines is 1. The van der Waals surface area contributed by atoms with E-state index in [9.17, 15) is 5.11 Å². The number of hydrogen-bond acceptors (Lipinski definition) is 4. The fourth-order valence-electron chi connectivity index (χ4n) is 1.74. The van der Waals surface area contributed by atoms with Crippen LogP contribution in [0.1, 0.15) is 37.3 Å². The number of phenols is 1. The second-order valence-corrected chi connectivity index (χ2v) is 4.07. The van der Waals surface area contributed by atoms with Gasteiger partial charge in [0, 0.05) is 6.04 Å². The van der Waals surface area contributed by atoms with Crippen molar-refractivity contribution >= 4 is 0 Å². The molecule has 17 heavy (non-hydrogen) atoms. The summed E-state index contributed by atoms with van der Waals surface area (Å²) in [5.41, 5.74) is 1.12. The Morgan fingerprint density at radius 1 is 1.18 bits per heavy atom. The van der Waals surface area contributed by atoms with Crippen molar-refractivity contribution in [3.8, 4) is 5.75 Å². The van der Waals surface area contributed by atoms with Gasteiger partial charge in [0.2, 0.25) is 0 Å². The predicted octanol–water partition coefficient (Wildman–Crippen LogP) is 1.92. The van der Waals surface area contributed by atoms with Crippen LogP contribution in [0, 0.1) is 0 Å². The number of nitrogens with zero attached hydrogens (tertiary/aromatic N) is 2. The van der Waals surface area contributed by atoms with Crippen molar-refractivity contribution in [1.29, 1.82) is 0 Å². The summed E-state index contributed by atoms with van der Waals surface area (Å²) in [6.07, 6.45) is 1.50. The molecule has 5 nitrogen and oxygen atoms in total. The van der Waals surface area contributed by atoms with Crippen molar-refractivity contribution in [2.75, 3.05) is 0 Å². The molecule has 3 N–H and O–H groups in total. The van der Waals surface area contributed by atoms with Gasteiger partial charge in [0.15, 0.2) is 0 Å². The Hall–Kier alpha value is -1.88. The fourth-order valence-corrected chi connectivity index (χ4v) is 1.74. The lowest BCUT2D eigenvalue weighted by atomic mass is 10.1. The molecule has 2 aromatic rings. The normalized spacial score (nSPS) is 14.5. The molecule has 0 radical (unpaired) electrons. The molecule has 0 saturated carbocycles. The number of phenolic OH excluding ortho intramolecular Hbond substituents is 1. The molecule has 90 valence electrons. The summed E-state index contributed by atoms with van der Waals surface area (Å²) >= 11 is 0. The summed E-state index contributed by atoms with van der Waals surface area (Å²) in [7, 11) is 0. The van der Waals surface area contributed by atoms with Gasteiger partial charge in [-0.3, -0.25) is 5.10 Å². The number of aromatic hydroxyl groups is 1. The molecule has 0 fully saturated rings. The van der Waals surface area contributed by atoms with Crippen LogP contribution in [0.2, 0.25) is 0 Å². The molecular weight excluding hydrogens is 216 g/mol. The molecule has 0 bridgehead atoms. The second kappa shape index (κ2) is 4.97. The maximum atomic E-state index is 9.23. The lowest BCUT2D eigenvalue weighted by molar-refractivity contribution is 0.468. The van der Waals surface area contributed by atoms with Crippen molar-refractivity contribution < 1.29 is 5.11 Å². The molecular formula is C12H16N4O. The Kier molecular flexibility index (Phi) is 3.39. The third-order valence-corrected chi connectivity index (χ3v) is 2.74. The van der Waals surface area contributed by atoms with Gasteiger partial charge in [0.05, 0.1) is 6.04 Å². The molecule has 0 aliphatic carbocycles. The van der Waals surface area contributed by atoms with Crippen LogP contribution in [0.15, 0.2) is 30.6 Å². The van der Waals surface area contributed by atoms with Crippen LogP contribution in [-0.4, -0.2) is 20.3 Å². The van der Waals surface area contributed by atoms with Gasteiger partial charge < -0.3 is 10.4 Å². The molecule has 0 aliphatic rings. The minimum atomic E-state index is 0.0984. The van der Waals surface area contributed by atoms with E-state index < -0.39 is 0 Å². The van der Waals surface area contributed by atoms with Crippen molar-refractivity contribution in [2.45, 2.75) is 25.9 Å². The van der Waals surface area contributed by atoms with Crippen LogP contribution in [0.25, 0.3) is 0 Å². The van der Waals surface area contributed by atoms with Crippen LogP contribution in [-0.2, 0) is 0 Å². The lowest BCUT2D eigenvalue weighted by Crippen LogP contribution is -2.23. The highest BCUT2D eigenvalue weighted by molar-refractivity contribution is 5.27. The molecule has 2 unspecified atom stereocenters. The molecule has 0 aliphatic heterocycles. The maximum Gasteiger partial charge on any atom is 0.141 e. The second-order valence-electron chi connectivity index (χ2n) is 4.07. The fraction of sp³-hybridized carbons (Fsp3) is 0.333. The molecule has 5 heteroatoms. The summed E-state index contributed by atoms with van der Waals surface area (Å²) in [5, 5.41) is 19.3. The average molecular weight is 232 g/mol. The molecule has 2 rings (SSSR count). The van der Waals surface area contributed by atoms with E-state index >= 15 is 0 Å². The molecule has 0 saturated heterocycles. The van der Waals surface area contributed by atoms with Gasteiger partial charge in [-0.05, 0) is 31.5 Å². The molecule has 2 atom stereocenters. The highest BCUT2D eigenvalue weighted by Crippen LogP contribution is 2.19. The predicted molar refractivity (Wildman–Crippen MR) is 64.5 cm³/mol. The molecule has 1 heterocycles. The number of H-pyrrole nitrogens is 1. The van der Waals surface area contributed by atoms with E-state index in [1.165, 1.54) is 6.33 Å². The summed E-state index contributed by atoms with van der Waals surface area (Å²) < 4.78 is 0. The first-order chi connectivity index (χ1) is 8.16. The highest BCUT2D eigenvalue weighted by atomic mass is 16.3. The van der Waals surface area contributed by atoms with Crippen LogP contribution < -0.4 is 5.32 Å². The first-order valence-electron chi connectivity index (χ1n) is 5.57. The SMILES string of the molecule is CC(NC(C)c1ncn[nH]1)c1ccc(O)cc1. The van der Waals surface area contributed by atoms with Gasteiger partial charge in [-0.15, -0.1) is 0 Å². The third kappa shape index (κ3) is 2.82. The zero-order chi connectivity index (χ0) is 12.3. The summed E-state index contributed by atoms with van der Waals surface area (Å²) in [4.78, 5) is 4.11. The van der Waals surface area contributed by atoms with Gasteiger partial charge >= 0.3 is 0 Å². The van der Waals surface area contributed by atoms with E-state index in [0.717, 1.165) is 11.4 Å². The highest BCUT2D eigenvalue weighted by Gasteiger charge is 2.12. The molecule has 1 aromatic heterocycles. The number of hydrogen-bond donors (Lipinski definition) is 3. The van der Waals surface area contributed by atoms with Crippen molar-refractivity contribution in [1.82, 2.24) is 20.5 Å². The largest absolute Gasteiger partial charge is 0.508 e. The van der Waals surface area contributed by atoms with Crippen molar-refractivity contribution in [2.24, 2.45) is 0 Å². The average Bonchev–Trinajstić information content (AvgIpc) is 2.83. The molecule has 1 aromatic carbocycles. The van der Waals surface area contributed by atoms with Crippen LogP contribution in [0.3, 0.4) is 0 Å². The Labute approximate surface area is 99.9 Å². The Bertz CT molecular complexity index is 452. The summed E-state index contributed by atoms with van der Waals surface area (Å²) in [6.45, 7) is 4.09. The van der Waals surface area contributed by atoms with Crippen LogP contribution in [0.4, 0.5) is 0 Å². The molecule has 0 spiro atoms. The van der Waals surface area contributed by atoms with Crippen molar-refractivity contribution in [3.63, 3.8) is 0 Å². The van der Waals surface area contributed by atoms with Gasteiger partial charge in [0.1, 0.15) is 17.9 Å². The summed E-state index contributed by atoms with van der Waals surface area (Å²) in [5.74, 6) is 1.10. The van der Waals surface area contributed by atoms with Crippen molar-refractivity contribution in [3.05, 3.63) is 42.0 Å². The van der Waals surface area contributed by atoms with E-state index in [1.54, 1.807) is 12.1 Å². The van der Waals surface area contributed by atoms with Crippen LogP contribution in [0.5, 0.6) is 5.75 Å². The van der Waals surface area contributed by atoms with Gasteiger partial charge in [-0.2, -0.15) is 5.10 Å². The maximum absolute atomic E-state index is 9.23. The Morgan fingerprint density at radius 3 is 2.47 bits per heavy atom. The minimum Gasteiger partial charge on any atom is -0.508 e. The summed E-state index contributed by atoms with van der Waals surface area (Å²) in [6, 6.07) is 7.46. The Balaban J connectivity index is 2.01. The monoisotopic (exact) mass is 232 g/mol. The smallest absolute Gasteiger partial charge is 0.141 e. The lowest BCUT2D eigenvalue weighted by Gasteiger charge is -2.18. The number of rotatable bonds is 4. The Morgan fingerprint density at radius 2 is 1.88 bits per heavy atom. The van der Waals surface area contributed by atoms with Crippen LogP contribution >= 0.6 is 0 Å². The zero-order valence-electron chi connectivity index (χ0n) is 9.88. The number of aromatic nitrogens is 3. The van der Waals surface area contributed by atoms with Gasteiger partial charge in [-0.1, -0.05) is 12.1 Å². The standard InChI is InChI=1S/C12H16N4O/c1-8(10-3-5-11(17)6-4-10)15-9(2)12-13-7-14-16-12/h3-9,15,17H,1-2H3,(H,13,14,16). The quantitative estimate of drug-likeness (QED) is 0.753. The van der Waals surface area contributed by atoms with E-state index in [1.807, 2.05) is 19.1 Å². The number of benzene rings is 1. The van der Waals surface area contributed by atoms with E-state index in [0.29, 0.717) is 0 Å². The first-order valence-corrected chi connectivity index (χ1v) is 5.57. The van der Waals surface area contributed by atoms with Gasteiger partial charge in [0.25, 0.3) is 0 Å². The van der Waals surface area contributed by atoms with Gasteiger partial charge in [-0.25, -0.2) is 4.98 Å². The number of nitrogens with one attached hydrogen (secondary N) is 2. The molecule has 0 amide bonds. The van der Waals surface area contributed by atoms with E-state index in [-0.39, 0.29) is 17.8 Å². The third-order valence-electron chi connectivity index (χ3n) is 2.74. The topological polar surface area (TPSA) is 73.8 Å². The van der Waals surface area contributed by atoms with E-state index in [2.05, 4.69) is 27.4 Å².